The fourth-order valence-electron chi connectivity index (χ4n) is 1.88. The smallest absolute Gasteiger partial charge is 0.344 e. The second kappa shape index (κ2) is 5.58. The Kier molecular flexibility index (Phi) is 4.62. The quantitative estimate of drug-likeness (QED) is 0.453. The molecule has 0 aliphatic heterocycles. The van der Waals surface area contributed by atoms with Gasteiger partial charge in [-0.3, -0.25) is 9.59 Å². The van der Waals surface area contributed by atoms with E-state index in [9.17, 15) is 14.4 Å². The molecule has 1 saturated carbocycles. The maximum Gasteiger partial charge on any atom is 0.344 e. The highest BCUT2D eigenvalue weighted by molar-refractivity contribution is 9.12. The van der Waals surface area contributed by atoms with E-state index < -0.39 is 11.4 Å². The highest BCUT2D eigenvalue weighted by atomic mass is 79.9. The molecule has 0 spiro atoms. The lowest BCUT2D eigenvalue weighted by atomic mass is 9.82. The van der Waals surface area contributed by atoms with E-state index >= 15 is 0 Å². The molecule has 0 aromatic rings. The van der Waals surface area contributed by atoms with Crippen LogP contribution in [0.5, 0.6) is 0 Å². The molecular weight excluding hydrogens is 288 g/mol. The first kappa shape index (κ1) is 14.1. The van der Waals surface area contributed by atoms with E-state index in [1.807, 2.05) is 0 Å². The Bertz CT molecular complexity index is 368. The fourth-order valence-corrected chi connectivity index (χ4v) is 2.27. The maximum absolute atomic E-state index is 11.6. The van der Waals surface area contributed by atoms with Gasteiger partial charge in [0.15, 0.2) is 0 Å². The summed E-state index contributed by atoms with van der Waals surface area (Å²) in [5.41, 5.74) is -0.861. The van der Waals surface area contributed by atoms with Crippen LogP contribution in [-0.4, -0.2) is 24.6 Å². The Morgan fingerprint density at radius 3 is 2.41 bits per heavy atom. The summed E-state index contributed by atoms with van der Waals surface area (Å²) < 4.78 is 4.83. The van der Waals surface area contributed by atoms with Crippen LogP contribution in [-0.2, 0) is 19.1 Å². The summed E-state index contributed by atoms with van der Waals surface area (Å²) in [6, 6.07) is 0. The number of Topliss-reactive ketones (excluding diaryl/α,β-unsaturated/α-hetero) is 2. The maximum atomic E-state index is 11.6. The fraction of sp³-hybridized carbons (Fsp3) is 0.583. The minimum absolute atomic E-state index is 0.00471. The van der Waals surface area contributed by atoms with Gasteiger partial charge in [-0.1, -0.05) is 6.08 Å². The van der Waals surface area contributed by atoms with Crippen molar-refractivity contribution in [3.05, 3.63) is 10.6 Å². The number of ketones is 2. The lowest BCUT2D eigenvalue weighted by molar-refractivity contribution is -0.135. The number of esters is 1. The molecule has 0 radical (unpaired) electrons. The molecular formula is C12H15BrO4. The number of allylic oxidation sites excluding steroid dienone is 1. The van der Waals surface area contributed by atoms with Crippen LogP contribution >= 0.6 is 15.9 Å². The monoisotopic (exact) mass is 302 g/mol. The van der Waals surface area contributed by atoms with Crippen molar-refractivity contribution in [2.75, 3.05) is 7.11 Å². The number of ether oxygens (including phenoxy) is 1. The summed E-state index contributed by atoms with van der Waals surface area (Å²) in [5, 5.41) is 0. The number of rotatable bonds is 4. The van der Waals surface area contributed by atoms with Gasteiger partial charge in [0.2, 0.25) is 0 Å². The minimum Gasteiger partial charge on any atom is -0.465 e. The van der Waals surface area contributed by atoms with Crippen LogP contribution < -0.4 is 0 Å². The van der Waals surface area contributed by atoms with Gasteiger partial charge in [-0.25, -0.2) is 4.79 Å². The van der Waals surface area contributed by atoms with Crippen LogP contribution in [0.15, 0.2) is 10.6 Å². The van der Waals surface area contributed by atoms with Gasteiger partial charge in [-0.15, -0.1) is 0 Å². The SMILES string of the molecule is COC(=O)C(Br)=CCCC1(C)C(=O)CCC1=O. The van der Waals surface area contributed by atoms with Gasteiger partial charge in [-0.05, 0) is 35.7 Å². The standard InChI is InChI=1S/C12H15BrO4/c1-12(9(14)5-6-10(12)15)7-3-4-8(13)11(16)17-2/h4H,3,5-7H2,1-2H3. The highest BCUT2D eigenvalue weighted by Gasteiger charge is 2.44. The number of carbonyl (C=O) groups excluding carboxylic acids is 3. The van der Waals surface area contributed by atoms with Crippen LogP contribution in [0, 0.1) is 5.41 Å². The number of hydrogen-bond donors (Lipinski definition) is 0. The van der Waals surface area contributed by atoms with Gasteiger partial charge in [0.05, 0.1) is 17.0 Å². The second-order valence-electron chi connectivity index (χ2n) is 4.26. The molecule has 0 N–H and O–H groups in total. The molecule has 1 aliphatic carbocycles. The summed E-state index contributed by atoms with van der Waals surface area (Å²) in [7, 11) is 1.29. The molecule has 1 fully saturated rings. The van der Waals surface area contributed by atoms with Crippen molar-refractivity contribution in [3.63, 3.8) is 0 Å². The Morgan fingerprint density at radius 1 is 1.41 bits per heavy atom. The zero-order valence-electron chi connectivity index (χ0n) is 9.92. The number of carbonyl (C=O) groups is 3. The van der Waals surface area contributed by atoms with Crippen LogP contribution in [0.3, 0.4) is 0 Å². The summed E-state index contributed by atoms with van der Waals surface area (Å²) >= 11 is 3.08. The summed E-state index contributed by atoms with van der Waals surface area (Å²) in [5.74, 6) is -0.450. The van der Waals surface area contributed by atoms with Crippen molar-refractivity contribution in [1.82, 2.24) is 0 Å². The van der Waals surface area contributed by atoms with Crippen LogP contribution in [0.4, 0.5) is 0 Å². The molecule has 4 nitrogen and oxygen atoms in total. The Hall–Kier alpha value is -0.970. The van der Waals surface area contributed by atoms with E-state index in [1.165, 1.54) is 7.11 Å². The topological polar surface area (TPSA) is 60.4 Å². The zero-order valence-corrected chi connectivity index (χ0v) is 11.5. The molecule has 0 unspecified atom stereocenters. The molecule has 0 aromatic heterocycles. The van der Waals surface area contributed by atoms with Gasteiger partial charge >= 0.3 is 5.97 Å². The van der Waals surface area contributed by atoms with Crippen LogP contribution in [0.25, 0.3) is 0 Å². The van der Waals surface area contributed by atoms with Crippen LogP contribution in [0.2, 0.25) is 0 Å². The first-order chi connectivity index (χ1) is 7.91. The Balaban J connectivity index is 2.59. The molecule has 0 amide bonds. The van der Waals surface area contributed by atoms with E-state index in [2.05, 4.69) is 20.7 Å². The van der Waals surface area contributed by atoms with Gasteiger partial charge in [0.25, 0.3) is 0 Å². The Labute approximate surface area is 109 Å². The first-order valence-corrected chi connectivity index (χ1v) is 6.21. The largest absolute Gasteiger partial charge is 0.465 e. The van der Waals surface area contributed by atoms with E-state index in [4.69, 9.17) is 0 Å². The highest BCUT2D eigenvalue weighted by Crippen LogP contribution is 2.35. The molecule has 17 heavy (non-hydrogen) atoms. The van der Waals surface area contributed by atoms with Crippen LogP contribution in [0.1, 0.15) is 32.6 Å². The molecule has 0 saturated heterocycles. The summed E-state index contributed by atoms with van der Waals surface area (Å²) in [4.78, 5) is 34.3. The molecule has 1 aliphatic rings. The predicted molar refractivity (Wildman–Crippen MR) is 65.6 cm³/mol. The van der Waals surface area contributed by atoms with E-state index in [0.717, 1.165) is 0 Å². The normalized spacial score (nSPS) is 19.6. The molecule has 5 heteroatoms. The lowest BCUT2D eigenvalue weighted by Crippen LogP contribution is -2.28. The van der Waals surface area contributed by atoms with Crippen molar-refractivity contribution in [3.8, 4) is 0 Å². The van der Waals surface area contributed by atoms with Crippen molar-refractivity contribution in [2.24, 2.45) is 5.41 Å². The van der Waals surface area contributed by atoms with Crippen molar-refractivity contribution < 1.29 is 19.1 Å². The molecule has 0 atom stereocenters. The van der Waals surface area contributed by atoms with Gasteiger partial charge in [0, 0.05) is 12.8 Å². The van der Waals surface area contributed by atoms with E-state index in [-0.39, 0.29) is 11.6 Å². The van der Waals surface area contributed by atoms with Gasteiger partial charge < -0.3 is 4.74 Å². The van der Waals surface area contributed by atoms with Crippen molar-refractivity contribution >= 4 is 33.5 Å². The summed E-state index contributed by atoms with van der Waals surface area (Å²) in [6.45, 7) is 1.69. The average molecular weight is 303 g/mol. The lowest BCUT2D eigenvalue weighted by Gasteiger charge is -2.18. The number of hydrogen-bond acceptors (Lipinski definition) is 4. The molecule has 94 valence electrons. The van der Waals surface area contributed by atoms with E-state index in [1.54, 1.807) is 13.0 Å². The van der Waals surface area contributed by atoms with Crippen molar-refractivity contribution in [2.45, 2.75) is 32.6 Å². The Morgan fingerprint density at radius 2 is 1.94 bits per heavy atom. The average Bonchev–Trinajstić information content (AvgIpc) is 2.56. The third-order valence-corrected chi connectivity index (χ3v) is 3.81. The number of halogens is 1. The van der Waals surface area contributed by atoms with E-state index in [0.29, 0.717) is 30.2 Å². The van der Waals surface area contributed by atoms with Gasteiger partial charge in [-0.2, -0.15) is 0 Å². The predicted octanol–water partition coefficient (Wildman–Crippen LogP) is 2.16. The zero-order chi connectivity index (χ0) is 13.1. The third kappa shape index (κ3) is 3.03. The molecule has 0 aromatic carbocycles. The minimum atomic E-state index is -0.861. The second-order valence-corrected chi connectivity index (χ2v) is 5.12. The molecule has 0 heterocycles. The molecule has 1 rings (SSSR count). The first-order valence-electron chi connectivity index (χ1n) is 5.42. The summed E-state index contributed by atoms with van der Waals surface area (Å²) in [6.07, 6.45) is 3.25. The third-order valence-electron chi connectivity index (χ3n) is 3.16. The number of methoxy groups -OCH3 is 1. The molecule has 0 bridgehead atoms. The van der Waals surface area contributed by atoms with Gasteiger partial charge in [0.1, 0.15) is 11.6 Å². The van der Waals surface area contributed by atoms with Crippen molar-refractivity contribution in [1.29, 1.82) is 0 Å².